The lowest BCUT2D eigenvalue weighted by atomic mass is 10.5. The minimum absolute atomic E-state index is 0.255. The molecule has 0 atom stereocenters. The van der Waals surface area contributed by atoms with Crippen molar-refractivity contribution in [3.8, 4) is 0 Å². The fourth-order valence-electron chi connectivity index (χ4n) is 0.775. The molecule has 0 bridgehead atoms. The zero-order valence-electron chi connectivity index (χ0n) is 7.48. The van der Waals surface area contributed by atoms with E-state index in [9.17, 15) is 4.79 Å². The molecule has 70 valence electrons. The van der Waals surface area contributed by atoms with Crippen molar-refractivity contribution in [2.45, 2.75) is 0 Å². The number of nitrogens with zero attached hydrogens (tertiary/aromatic N) is 3. The number of hydrogen-bond donors (Lipinski definition) is 2. The van der Waals surface area contributed by atoms with Gasteiger partial charge in [0.05, 0.1) is 6.20 Å². The first-order valence-electron chi connectivity index (χ1n) is 3.65. The first-order chi connectivity index (χ1) is 6.15. The smallest absolute Gasteiger partial charge is 0.226 e. The molecule has 1 amide bonds. The second-order valence-electron chi connectivity index (χ2n) is 2.63. The van der Waals surface area contributed by atoms with Crippen LogP contribution in [0.1, 0.15) is 0 Å². The van der Waals surface area contributed by atoms with Gasteiger partial charge >= 0.3 is 0 Å². The summed E-state index contributed by atoms with van der Waals surface area (Å²) in [6.45, 7) is 0. The van der Waals surface area contributed by atoms with Crippen LogP contribution < -0.4 is 16.0 Å². The predicted octanol–water partition coefficient (Wildman–Crippen LogP) is -0.307. The molecular formula is C7H11N5O. The third-order valence-electron chi connectivity index (χ3n) is 1.42. The summed E-state index contributed by atoms with van der Waals surface area (Å²) in [5.74, 6) is 0.764. The summed E-state index contributed by atoms with van der Waals surface area (Å²) in [7, 11) is 3.61. The highest BCUT2D eigenvalue weighted by Gasteiger charge is 2.03. The van der Waals surface area contributed by atoms with Crippen LogP contribution in [0.3, 0.4) is 0 Å². The van der Waals surface area contributed by atoms with E-state index in [2.05, 4.69) is 15.3 Å². The van der Waals surface area contributed by atoms with Gasteiger partial charge in [0.2, 0.25) is 12.4 Å². The highest BCUT2D eigenvalue weighted by molar-refractivity contribution is 5.77. The van der Waals surface area contributed by atoms with E-state index in [1.54, 1.807) is 4.90 Å². The number of nitrogens with two attached hydrogens (primary N) is 1. The number of carbonyl (C=O) groups excluding carboxylic acids is 1. The Kier molecular flexibility index (Phi) is 2.63. The van der Waals surface area contributed by atoms with Crippen LogP contribution >= 0.6 is 0 Å². The van der Waals surface area contributed by atoms with Crippen LogP contribution in [0.5, 0.6) is 0 Å². The van der Waals surface area contributed by atoms with Gasteiger partial charge in [-0.2, -0.15) is 4.98 Å². The molecule has 0 aliphatic rings. The minimum Gasteiger partial charge on any atom is -0.382 e. The molecule has 1 rings (SSSR count). The highest BCUT2D eigenvalue weighted by Crippen LogP contribution is 2.15. The van der Waals surface area contributed by atoms with Crippen LogP contribution in [0, 0.1) is 0 Å². The van der Waals surface area contributed by atoms with Crippen molar-refractivity contribution >= 4 is 23.9 Å². The monoisotopic (exact) mass is 181 g/mol. The van der Waals surface area contributed by atoms with Crippen LogP contribution in [0.25, 0.3) is 0 Å². The maximum absolute atomic E-state index is 10.1. The van der Waals surface area contributed by atoms with Gasteiger partial charge in [0.1, 0.15) is 5.69 Å². The summed E-state index contributed by atoms with van der Waals surface area (Å²) in [5, 5.41) is 2.39. The SMILES string of the molecule is CN(C)c1ncc(NC=O)c(N)n1. The van der Waals surface area contributed by atoms with Gasteiger partial charge in [-0.15, -0.1) is 0 Å². The number of carbonyl (C=O) groups is 1. The molecule has 1 aromatic heterocycles. The molecule has 3 N–H and O–H groups in total. The Hall–Kier alpha value is -1.85. The lowest BCUT2D eigenvalue weighted by Crippen LogP contribution is -2.14. The zero-order chi connectivity index (χ0) is 9.84. The van der Waals surface area contributed by atoms with Crippen molar-refractivity contribution in [2.75, 3.05) is 30.0 Å². The third-order valence-corrected chi connectivity index (χ3v) is 1.42. The number of amides is 1. The summed E-state index contributed by atoms with van der Waals surface area (Å²) in [5.41, 5.74) is 5.96. The normalized spacial score (nSPS) is 9.38. The minimum atomic E-state index is 0.255. The summed E-state index contributed by atoms with van der Waals surface area (Å²) in [4.78, 5) is 19.8. The van der Waals surface area contributed by atoms with Gasteiger partial charge in [-0.1, -0.05) is 0 Å². The molecule has 0 saturated carbocycles. The fourth-order valence-corrected chi connectivity index (χ4v) is 0.775. The Labute approximate surface area is 75.8 Å². The summed E-state index contributed by atoms with van der Waals surface area (Å²) in [6, 6.07) is 0. The highest BCUT2D eigenvalue weighted by atomic mass is 16.1. The van der Waals surface area contributed by atoms with E-state index in [0.717, 1.165) is 0 Å². The number of nitrogen functional groups attached to an aromatic ring is 1. The van der Waals surface area contributed by atoms with E-state index in [1.807, 2.05) is 14.1 Å². The largest absolute Gasteiger partial charge is 0.382 e. The topological polar surface area (TPSA) is 84.1 Å². The van der Waals surface area contributed by atoms with E-state index >= 15 is 0 Å². The maximum Gasteiger partial charge on any atom is 0.226 e. The Bertz CT molecular complexity index is 312. The zero-order valence-corrected chi connectivity index (χ0v) is 7.48. The Morgan fingerprint density at radius 1 is 1.62 bits per heavy atom. The van der Waals surface area contributed by atoms with Gasteiger partial charge in [-0.25, -0.2) is 4.98 Å². The summed E-state index contributed by atoms with van der Waals surface area (Å²) >= 11 is 0. The van der Waals surface area contributed by atoms with Crippen LogP contribution in [0.2, 0.25) is 0 Å². The van der Waals surface area contributed by atoms with Gasteiger partial charge < -0.3 is 16.0 Å². The maximum atomic E-state index is 10.1. The number of hydrogen-bond acceptors (Lipinski definition) is 5. The van der Waals surface area contributed by atoms with E-state index in [0.29, 0.717) is 18.0 Å². The summed E-state index contributed by atoms with van der Waals surface area (Å²) < 4.78 is 0. The lowest BCUT2D eigenvalue weighted by Gasteiger charge is -2.11. The van der Waals surface area contributed by atoms with Crippen molar-refractivity contribution in [3.05, 3.63) is 6.20 Å². The van der Waals surface area contributed by atoms with E-state index in [4.69, 9.17) is 5.73 Å². The van der Waals surface area contributed by atoms with E-state index in [1.165, 1.54) is 6.20 Å². The molecular weight excluding hydrogens is 170 g/mol. The van der Waals surface area contributed by atoms with Crippen LogP contribution in [0.4, 0.5) is 17.5 Å². The average molecular weight is 181 g/mol. The van der Waals surface area contributed by atoms with Crippen molar-refractivity contribution in [1.82, 2.24) is 9.97 Å². The molecule has 6 nitrogen and oxygen atoms in total. The predicted molar refractivity (Wildman–Crippen MR) is 50.5 cm³/mol. The van der Waals surface area contributed by atoms with E-state index in [-0.39, 0.29) is 5.82 Å². The molecule has 13 heavy (non-hydrogen) atoms. The Morgan fingerprint density at radius 2 is 2.31 bits per heavy atom. The molecule has 6 heteroatoms. The standard InChI is InChI=1S/C7H11N5O/c1-12(2)7-9-3-5(10-4-13)6(8)11-7/h3-4H,1-2H3,(H,10,13)(H2,8,9,11). The quantitative estimate of drug-likeness (QED) is 0.625. The lowest BCUT2D eigenvalue weighted by molar-refractivity contribution is -0.105. The Balaban J connectivity index is 2.98. The molecule has 1 aromatic rings. The molecule has 0 saturated heterocycles. The third kappa shape index (κ3) is 2.05. The molecule has 0 radical (unpaired) electrons. The van der Waals surface area contributed by atoms with Crippen molar-refractivity contribution in [3.63, 3.8) is 0 Å². The number of aromatic nitrogens is 2. The average Bonchev–Trinajstić information content (AvgIpc) is 2.08. The first kappa shape index (κ1) is 9.24. The van der Waals surface area contributed by atoms with Gasteiger partial charge in [0, 0.05) is 14.1 Å². The molecule has 0 aromatic carbocycles. The second kappa shape index (κ2) is 3.70. The first-order valence-corrected chi connectivity index (χ1v) is 3.65. The van der Waals surface area contributed by atoms with Crippen LogP contribution in [0.15, 0.2) is 6.20 Å². The molecule has 0 fully saturated rings. The molecule has 0 spiro atoms. The van der Waals surface area contributed by atoms with Crippen molar-refractivity contribution < 1.29 is 4.79 Å². The van der Waals surface area contributed by atoms with Gasteiger partial charge in [-0.3, -0.25) is 4.79 Å². The number of nitrogens with one attached hydrogen (secondary N) is 1. The van der Waals surface area contributed by atoms with Crippen molar-refractivity contribution in [1.29, 1.82) is 0 Å². The van der Waals surface area contributed by atoms with Crippen LogP contribution in [-0.2, 0) is 4.79 Å². The van der Waals surface area contributed by atoms with Gasteiger partial charge in [-0.05, 0) is 0 Å². The Morgan fingerprint density at radius 3 is 2.77 bits per heavy atom. The summed E-state index contributed by atoms with van der Waals surface area (Å²) in [6.07, 6.45) is 2.00. The van der Waals surface area contributed by atoms with Crippen LogP contribution in [-0.4, -0.2) is 30.5 Å². The molecule has 0 aliphatic carbocycles. The molecule has 0 aliphatic heterocycles. The molecule has 1 heterocycles. The van der Waals surface area contributed by atoms with Gasteiger partial charge in [0.25, 0.3) is 0 Å². The van der Waals surface area contributed by atoms with E-state index < -0.39 is 0 Å². The fraction of sp³-hybridized carbons (Fsp3) is 0.286. The van der Waals surface area contributed by atoms with Gasteiger partial charge in [0.15, 0.2) is 5.82 Å². The second-order valence-corrected chi connectivity index (χ2v) is 2.63. The number of anilines is 3. The molecule has 0 unspecified atom stereocenters. The number of rotatable bonds is 3. The van der Waals surface area contributed by atoms with Crippen molar-refractivity contribution in [2.24, 2.45) is 0 Å².